The van der Waals surface area contributed by atoms with Crippen molar-refractivity contribution in [3.05, 3.63) is 36.4 Å². The Morgan fingerprint density at radius 2 is 2.11 bits per heavy atom. The molecule has 1 aliphatic rings. The number of carbonyl (C=O) groups excluding carboxylic acids is 2. The molecule has 2 aromatic heterocycles. The van der Waals surface area contributed by atoms with E-state index in [0.29, 0.717) is 18.6 Å². The summed E-state index contributed by atoms with van der Waals surface area (Å²) in [5.41, 5.74) is 0. The molecule has 1 aliphatic heterocycles. The van der Waals surface area contributed by atoms with Gasteiger partial charge in [-0.25, -0.2) is 8.42 Å². The van der Waals surface area contributed by atoms with Gasteiger partial charge in [-0.3, -0.25) is 14.6 Å². The van der Waals surface area contributed by atoms with Gasteiger partial charge in [-0.15, -0.1) is 0 Å². The van der Waals surface area contributed by atoms with Crippen LogP contribution >= 0.6 is 0 Å². The Balaban J connectivity index is 1.46. The van der Waals surface area contributed by atoms with E-state index in [0.717, 1.165) is 0 Å². The maximum atomic E-state index is 12.6. The van der Waals surface area contributed by atoms with E-state index in [4.69, 9.17) is 9.26 Å². The van der Waals surface area contributed by atoms with Crippen LogP contribution in [0.2, 0.25) is 0 Å². The molecule has 0 aliphatic carbocycles. The van der Waals surface area contributed by atoms with Crippen molar-refractivity contribution in [1.29, 1.82) is 0 Å². The quantitative estimate of drug-likeness (QED) is 0.699. The molecule has 10 nitrogen and oxygen atoms in total. The highest BCUT2D eigenvalue weighted by molar-refractivity contribution is 7.89. The highest BCUT2D eigenvalue weighted by atomic mass is 32.2. The van der Waals surface area contributed by atoms with Crippen molar-refractivity contribution in [2.75, 3.05) is 25.0 Å². The predicted octanol–water partition coefficient (Wildman–Crippen LogP) is 0.961. The first-order valence-corrected chi connectivity index (χ1v) is 10.1. The number of anilines is 1. The van der Waals surface area contributed by atoms with Crippen molar-refractivity contribution in [2.24, 2.45) is 5.92 Å². The topological polar surface area (TPSA) is 132 Å². The number of aromatic nitrogens is 2. The molecule has 2 aromatic rings. The molecule has 0 saturated carbocycles. The third-order valence-electron chi connectivity index (χ3n) is 4.30. The van der Waals surface area contributed by atoms with Gasteiger partial charge in [0.15, 0.2) is 12.4 Å². The molecule has 150 valence electrons. The van der Waals surface area contributed by atoms with Gasteiger partial charge in [0.2, 0.25) is 10.0 Å². The minimum atomic E-state index is -3.63. The summed E-state index contributed by atoms with van der Waals surface area (Å²) in [6.45, 7) is 1.63. The molecule has 0 spiro atoms. The number of aryl methyl sites for hydroxylation is 1. The highest BCUT2D eigenvalue weighted by Crippen LogP contribution is 2.24. The first kappa shape index (κ1) is 20.0. The van der Waals surface area contributed by atoms with Crippen LogP contribution in [0.1, 0.15) is 18.6 Å². The van der Waals surface area contributed by atoms with Gasteiger partial charge in [0, 0.05) is 31.5 Å². The fourth-order valence-corrected chi connectivity index (χ4v) is 4.27. The van der Waals surface area contributed by atoms with E-state index in [-0.39, 0.29) is 23.8 Å². The number of carbonyl (C=O) groups is 2. The normalized spacial score (nSPS) is 15.9. The Labute approximate surface area is 161 Å². The SMILES string of the molecule is Cc1cc(NC(=O)COC(=O)C2CCN(S(=O)(=O)c3cccnc3)CC2)no1. The summed E-state index contributed by atoms with van der Waals surface area (Å²) < 4.78 is 36.3. The molecule has 3 heterocycles. The molecule has 0 bridgehead atoms. The van der Waals surface area contributed by atoms with E-state index in [1.54, 1.807) is 13.0 Å². The van der Waals surface area contributed by atoms with Crippen LogP contribution < -0.4 is 5.32 Å². The molecule has 1 N–H and O–H groups in total. The number of nitrogens with one attached hydrogen (secondary N) is 1. The van der Waals surface area contributed by atoms with Gasteiger partial charge in [0.05, 0.1) is 5.92 Å². The van der Waals surface area contributed by atoms with E-state index < -0.39 is 34.4 Å². The van der Waals surface area contributed by atoms with E-state index in [1.165, 1.54) is 28.8 Å². The summed E-state index contributed by atoms with van der Waals surface area (Å²) in [5.74, 6) is -0.724. The van der Waals surface area contributed by atoms with Crippen LogP contribution in [-0.4, -0.2) is 54.4 Å². The fraction of sp³-hybridized carbons (Fsp3) is 0.412. The number of pyridine rings is 1. The zero-order valence-electron chi connectivity index (χ0n) is 15.2. The lowest BCUT2D eigenvalue weighted by Gasteiger charge is -2.29. The molecule has 3 rings (SSSR count). The number of hydrogen-bond acceptors (Lipinski definition) is 8. The van der Waals surface area contributed by atoms with Gasteiger partial charge in [-0.05, 0) is 31.9 Å². The third-order valence-corrected chi connectivity index (χ3v) is 6.18. The van der Waals surface area contributed by atoms with Gasteiger partial charge in [0.25, 0.3) is 5.91 Å². The van der Waals surface area contributed by atoms with E-state index in [2.05, 4.69) is 15.5 Å². The van der Waals surface area contributed by atoms with Crippen molar-refractivity contribution in [1.82, 2.24) is 14.4 Å². The number of amides is 1. The largest absolute Gasteiger partial charge is 0.455 e. The first-order valence-electron chi connectivity index (χ1n) is 8.66. The molecule has 0 unspecified atom stereocenters. The molecule has 0 atom stereocenters. The summed E-state index contributed by atoms with van der Waals surface area (Å²) in [6, 6.07) is 4.58. The summed E-state index contributed by atoms with van der Waals surface area (Å²) in [5, 5.41) is 6.07. The molecule has 1 amide bonds. The number of rotatable bonds is 6. The average molecular weight is 408 g/mol. The summed E-state index contributed by atoms with van der Waals surface area (Å²) in [7, 11) is -3.63. The van der Waals surface area contributed by atoms with Crippen molar-refractivity contribution in [3.63, 3.8) is 0 Å². The average Bonchev–Trinajstić information content (AvgIpc) is 3.11. The predicted molar refractivity (Wildman–Crippen MR) is 96.5 cm³/mol. The van der Waals surface area contributed by atoms with Gasteiger partial charge >= 0.3 is 5.97 Å². The van der Waals surface area contributed by atoms with Crippen LogP contribution in [0.4, 0.5) is 5.82 Å². The molecule has 28 heavy (non-hydrogen) atoms. The second kappa shape index (κ2) is 8.48. The molecule has 0 radical (unpaired) electrons. The van der Waals surface area contributed by atoms with Crippen LogP contribution in [0.5, 0.6) is 0 Å². The minimum absolute atomic E-state index is 0.121. The van der Waals surface area contributed by atoms with Crippen LogP contribution in [0, 0.1) is 12.8 Å². The zero-order valence-corrected chi connectivity index (χ0v) is 16.0. The minimum Gasteiger partial charge on any atom is -0.455 e. The molecule has 1 saturated heterocycles. The Morgan fingerprint density at radius 3 is 2.71 bits per heavy atom. The van der Waals surface area contributed by atoms with Crippen molar-refractivity contribution < 1.29 is 27.3 Å². The second-order valence-electron chi connectivity index (χ2n) is 6.35. The Kier molecular flexibility index (Phi) is 6.05. The van der Waals surface area contributed by atoms with E-state index >= 15 is 0 Å². The maximum Gasteiger partial charge on any atom is 0.309 e. The summed E-state index contributed by atoms with van der Waals surface area (Å²) in [6.07, 6.45) is 3.44. The Morgan fingerprint density at radius 1 is 1.36 bits per heavy atom. The van der Waals surface area contributed by atoms with Crippen LogP contribution in [0.15, 0.2) is 40.0 Å². The number of piperidine rings is 1. The molecule has 1 fully saturated rings. The smallest absolute Gasteiger partial charge is 0.309 e. The summed E-state index contributed by atoms with van der Waals surface area (Å²) >= 11 is 0. The lowest BCUT2D eigenvalue weighted by atomic mass is 9.98. The number of nitrogens with zero attached hydrogens (tertiary/aromatic N) is 3. The standard InChI is InChI=1S/C17H20N4O6S/c1-12-9-15(20-27-12)19-16(22)11-26-17(23)13-4-7-21(8-5-13)28(24,25)14-3-2-6-18-10-14/h2-3,6,9-10,13H,4-5,7-8,11H2,1H3,(H,19,20,22). The van der Waals surface area contributed by atoms with Crippen molar-refractivity contribution >= 4 is 27.7 Å². The van der Waals surface area contributed by atoms with Gasteiger partial charge in [-0.1, -0.05) is 5.16 Å². The molecule has 0 aromatic carbocycles. The molecule has 11 heteroatoms. The van der Waals surface area contributed by atoms with Crippen molar-refractivity contribution in [3.8, 4) is 0 Å². The Hall–Kier alpha value is -2.79. The lowest BCUT2D eigenvalue weighted by Crippen LogP contribution is -2.41. The number of sulfonamides is 1. The fourth-order valence-electron chi connectivity index (χ4n) is 2.84. The monoisotopic (exact) mass is 408 g/mol. The van der Waals surface area contributed by atoms with Crippen LogP contribution in [0.25, 0.3) is 0 Å². The van der Waals surface area contributed by atoms with E-state index in [9.17, 15) is 18.0 Å². The number of ether oxygens (including phenoxy) is 1. The zero-order chi connectivity index (χ0) is 20.1. The van der Waals surface area contributed by atoms with Gasteiger partial charge in [0.1, 0.15) is 10.7 Å². The molecular weight excluding hydrogens is 388 g/mol. The number of esters is 1. The van der Waals surface area contributed by atoms with Gasteiger partial charge in [-0.2, -0.15) is 4.31 Å². The lowest BCUT2D eigenvalue weighted by molar-refractivity contribution is -0.152. The van der Waals surface area contributed by atoms with Gasteiger partial charge < -0.3 is 14.6 Å². The van der Waals surface area contributed by atoms with Crippen LogP contribution in [0.3, 0.4) is 0 Å². The highest BCUT2D eigenvalue weighted by Gasteiger charge is 2.33. The van der Waals surface area contributed by atoms with E-state index in [1.807, 2.05) is 0 Å². The number of hydrogen-bond donors (Lipinski definition) is 1. The third kappa shape index (κ3) is 4.73. The second-order valence-corrected chi connectivity index (χ2v) is 8.28. The van der Waals surface area contributed by atoms with Crippen molar-refractivity contribution in [2.45, 2.75) is 24.7 Å². The Bertz CT molecular complexity index is 936. The van der Waals surface area contributed by atoms with Crippen LogP contribution in [-0.2, 0) is 24.3 Å². The molecular formula is C17H20N4O6S. The summed E-state index contributed by atoms with van der Waals surface area (Å²) in [4.78, 5) is 27.9. The first-order chi connectivity index (χ1) is 13.4. The maximum absolute atomic E-state index is 12.6.